The highest BCUT2D eigenvalue weighted by molar-refractivity contribution is 8.00. The lowest BCUT2D eigenvalue weighted by Gasteiger charge is -2.48. The predicted octanol–water partition coefficient (Wildman–Crippen LogP) is 1.04. The molecule has 0 saturated carbocycles. The number of pyridine rings is 1. The Kier molecular flexibility index (Phi) is 4.19. The Morgan fingerprint density at radius 2 is 2.16 bits per heavy atom. The first-order chi connectivity index (χ1) is 12.0. The van der Waals surface area contributed by atoms with Crippen LogP contribution in [-0.2, 0) is 16.6 Å². The number of thiazole rings is 1. The summed E-state index contributed by atoms with van der Waals surface area (Å²) in [5.74, 6) is 0.347. The van der Waals surface area contributed by atoms with Gasteiger partial charge >= 0.3 is 0 Å². The predicted molar refractivity (Wildman–Crippen MR) is 101 cm³/mol. The lowest BCUT2D eigenvalue weighted by atomic mass is 10.0. The number of nitrogens with two attached hydrogens (primary N) is 1. The molecule has 2 aromatic heterocycles. The molecule has 2 aliphatic rings. The molecule has 0 radical (unpaired) electrons. The van der Waals surface area contributed by atoms with E-state index in [4.69, 9.17) is 5.73 Å². The molecule has 2 atom stereocenters. The minimum atomic E-state index is -0.550. The van der Waals surface area contributed by atoms with Gasteiger partial charge in [0.1, 0.15) is 29.2 Å². The van der Waals surface area contributed by atoms with Crippen molar-refractivity contribution in [2.75, 3.05) is 5.75 Å². The van der Waals surface area contributed by atoms with E-state index >= 15 is 0 Å². The second-order valence-corrected chi connectivity index (χ2v) is 8.23. The van der Waals surface area contributed by atoms with Crippen molar-refractivity contribution in [1.82, 2.24) is 9.88 Å². The van der Waals surface area contributed by atoms with Gasteiger partial charge in [0.2, 0.25) is 11.0 Å². The van der Waals surface area contributed by atoms with Crippen molar-refractivity contribution in [2.45, 2.75) is 11.4 Å². The van der Waals surface area contributed by atoms with Gasteiger partial charge in [0.25, 0.3) is 0 Å². The summed E-state index contributed by atoms with van der Waals surface area (Å²) in [7, 11) is 1.95. The number of hydrogen-bond acceptors (Lipinski definition) is 6. The zero-order valence-corrected chi connectivity index (χ0v) is 15.8. The Bertz CT molecular complexity index is 906. The minimum Gasteiger partial charge on any atom is -0.317 e. The maximum atomic E-state index is 12.1. The molecule has 0 unspecified atom stereocenters. The van der Waals surface area contributed by atoms with Gasteiger partial charge in [-0.25, -0.2) is 9.55 Å². The van der Waals surface area contributed by atoms with Crippen LogP contribution < -0.4 is 10.3 Å². The van der Waals surface area contributed by atoms with Gasteiger partial charge in [0, 0.05) is 34.4 Å². The maximum Gasteiger partial charge on any atom is 0.248 e. The number of nitrogens with zero attached hydrogens (tertiary/aromatic N) is 3. The summed E-state index contributed by atoms with van der Waals surface area (Å²) in [5, 5.41) is 2.08. The molecule has 4 heterocycles. The highest BCUT2D eigenvalue weighted by Crippen LogP contribution is 2.44. The highest BCUT2D eigenvalue weighted by atomic mass is 32.2. The van der Waals surface area contributed by atoms with Crippen LogP contribution in [0.5, 0.6) is 0 Å². The average molecular weight is 392 g/mol. The number of hydrogen-bond donors (Lipinski definition) is 2. The van der Waals surface area contributed by atoms with E-state index in [9.17, 15) is 9.59 Å². The number of aromatic nitrogens is 2. The normalized spacial score (nSPS) is 22.7. The van der Waals surface area contributed by atoms with Crippen LogP contribution in [0.3, 0.4) is 0 Å². The van der Waals surface area contributed by atoms with Crippen LogP contribution in [0.25, 0.3) is 16.8 Å². The lowest BCUT2D eigenvalue weighted by molar-refractivity contribution is -0.671. The number of β-lactam (4-membered cyclic amide) rings is 1. The van der Waals surface area contributed by atoms with Crippen molar-refractivity contribution in [3.8, 4) is 11.3 Å². The van der Waals surface area contributed by atoms with E-state index in [1.165, 1.54) is 16.2 Å². The molecule has 1 fully saturated rings. The molecule has 0 bridgehead atoms. The van der Waals surface area contributed by atoms with E-state index in [1.807, 2.05) is 41.5 Å². The molecule has 1 saturated heterocycles. The van der Waals surface area contributed by atoms with E-state index in [0.717, 1.165) is 21.8 Å². The van der Waals surface area contributed by atoms with Crippen molar-refractivity contribution in [3.05, 3.63) is 40.6 Å². The smallest absolute Gasteiger partial charge is 0.248 e. The molecule has 0 aromatic carbocycles. The maximum absolute atomic E-state index is 12.1. The lowest BCUT2D eigenvalue weighted by Crippen LogP contribution is -2.68. The Morgan fingerprint density at radius 3 is 2.84 bits per heavy atom. The minimum absolute atomic E-state index is 0.184. The zero-order chi connectivity index (χ0) is 17.7. The van der Waals surface area contributed by atoms with Crippen molar-refractivity contribution < 1.29 is 14.2 Å². The van der Waals surface area contributed by atoms with Crippen LogP contribution in [0.4, 0.5) is 0 Å². The Balaban J connectivity index is 1.74. The molecule has 128 valence electrons. The summed E-state index contributed by atoms with van der Waals surface area (Å²) in [6, 6.07) is 3.43. The molecule has 1 amide bonds. The average Bonchev–Trinajstić information content (AvgIpc) is 3.10. The molecule has 0 spiro atoms. The summed E-state index contributed by atoms with van der Waals surface area (Å²) in [5.41, 5.74) is 8.75. The summed E-state index contributed by atoms with van der Waals surface area (Å²) in [6.45, 7) is 0. The van der Waals surface area contributed by atoms with Gasteiger partial charge in [-0.15, -0.1) is 23.1 Å². The molecule has 2 N–H and O–H groups in total. The van der Waals surface area contributed by atoms with Gasteiger partial charge in [-0.2, -0.15) is 0 Å². The number of rotatable bonds is 3. The standard InChI is InChI=1S/C16H14N4O2S3/c1-19-4-2-8(3-5-19)10-7-24-13(18-10)9-6-25-15-11(17)14(21)20(15)12(9)16(22)23/h2-5,7,11,15H,6,17H2,1H3/p+1/t11-,15-/m1/s1. The van der Waals surface area contributed by atoms with E-state index < -0.39 is 11.2 Å². The number of thioether (sulfide) groups is 1. The number of thiol groups is 1. The number of carbonyl (C=O) groups is 2. The summed E-state index contributed by atoms with van der Waals surface area (Å²) < 4.78 is 1.95. The van der Waals surface area contributed by atoms with Crippen LogP contribution >= 0.6 is 35.7 Å². The number of carbonyl (C=O) groups excluding carboxylic acids is 2. The van der Waals surface area contributed by atoms with Gasteiger partial charge in [-0.3, -0.25) is 14.5 Å². The van der Waals surface area contributed by atoms with E-state index in [2.05, 4.69) is 17.6 Å². The van der Waals surface area contributed by atoms with Crippen molar-refractivity contribution in [1.29, 1.82) is 0 Å². The first-order valence-electron chi connectivity index (χ1n) is 7.55. The monoisotopic (exact) mass is 391 g/mol. The van der Waals surface area contributed by atoms with Crippen LogP contribution in [0, 0.1) is 0 Å². The largest absolute Gasteiger partial charge is 0.317 e. The third kappa shape index (κ3) is 2.71. The molecule has 2 aliphatic heterocycles. The molecule has 2 aromatic rings. The second kappa shape index (κ2) is 6.24. The van der Waals surface area contributed by atoms with E-state index in [1.54, 1.807) is 11.8 Å². The van der Waals surface area contributed by atoms with Crippen LogP contribution in [0.15, 0.2) is 35.6 Å². The van der Waals surface area contributed by atoms with E-state index in [0.29, 0.717) is 11.4 Å². The van der Waals surface area contributed by atoms with Gasteiger partial charge in [-0.05, 0) is 0 Å². The topological polar surface area (TPSA) is 80.2 Å². The fourth-order valence-corrected chi connectivity index (χ4v) is 5.40. The summed E-state index contributed by atoms with van der Waals surface area (Å²) in [6.07, 6.45) is 3.91. The van der Waals surface area contributed by atoms with Gasteiger partial charge in [0.05, 0.1) is 5.69 Å². The SMILES string of the molecule is C[n+]1ccc(-c2csc(C3=C(C(=O)S)N4C(=O)[C@@H](N)[C@H]4SC3)n2)cc1. The number of aryl methyl sites for hydroxylation is 1. The molecule has 9 heteroatoms. The van der Waals surface area contributed by atoms with Crippen molar-refractivity contribution in [3.63, 3.8) is 0 Å². The summed E-state index contributed by atoms with van der Waals surface area (Å²) in [4.78, 5) is 30.3. The van der Waals surface area contributed by atoms with Gasteiger partial charge in [-0.1, -0.05) is 12.6 Å². The quantitative estimate of drug-likeness (QED) is 0.464. The second-order valence-electron chi connectivity index (χ2n) is 5.86. The highest BCUT2D eigenvalue weighted by Gasteiger charge is 2.51. The van der Waals surface area contributed by atoms with Gasteiger partial charge < -0.3 is 5.73 Å². The van der Waals surface area contributed by atoms with Crippen LogP contribution in [0.2, 0.25) is 0 Å². The third-order valence-electron chi connectivity index (χ3n) is 4.25. The number of amides is 1. The fraction of sp³-hybridized carbons (Fsp3) is 0.250. The first-order valence-corrected chi connectivity index (χ1v) is 9.93. The molecular weight excluding hydrogens is 376 g/mol. The van der Waals surface area contributed by atoms with Gasteiger partial charge in [0.15, 0.2) is 12.4 Å². The molecule has 25 heavy (non-hydrogen) atoms. The molecule has 0 aliphatic carbocycles. The number of fused-ring (bicyclic) bond motifs is 1. The zero-order valence-electron chi connectivity index (χ0n) is 13.2. The Morgan fingerprint density at radius 1 is 1.44 bits per heavy atom. The Labute approximate surface area is 158 Å². The summed E-state index contributed by atoms with van der Waals surface area (Å²) >= 11 is 6.99. The van der Waals surface area contributed by atoms with Crippen LogP contribution in [0.1, 0.15) is 5.01 Å². The third-order valence-corrected chi connectivity index (χ3v) is 6.66. The molecule has 4 rings (SSSR count). The Hall–Kier alpha value is -1.68. The van der Waals surface area contributed by atoms with Crippen LogP contribution in [-0.4, -0.2) is 38.1 Å². The molecular formula is C16H15N4O2S3+. The fourth-order valence-electron chi connectivity index (χ4n) is 2.90. The van der Waals surface area contributed by atoms with E-state index in [-0.39, 0.29) is 11.3 Å². The van der Waals surface area contributed by atoms with Crippen molar-refractivity contribution >= 4 is 52.3 Å². The first kappa shape index (κ1) is 16.8. The molecule has 6 nitrogen and oxygen atoms in total. The van der Waals surface area contributed by atoms with Crippen molar-refractivity contribution in [2.24, 2.45) is 12.8 Å².